The Labute approximate surface area is 82.1 Å². The summed E-state index contributed by atoms with van der Waals surface area (Å²) >= 11 is 0. The molecule has 0 bridgehead atoms. The molecule has 1 N–H and O–H groups in total. The van der Waals surface area contributed by atoms with Crippen LogP contribution in [-0.2, 0) is 14.5 Å². The zero-order valence-electron chi connectivity index (χ0n) is 7.81. The number of rotatable bonds is 2. The molecular formula is C8H10N2O3S. The van der Waals surface area contributed by atoms with Gasteiger partial charge in [0.2, 0.25) is 0 Å². The van der Waals surface area contributed by atoms with E-state index in [4.69, 9.17) is 4.78 Å². The number of nitrogens with one attached hydrogen (secondary N) is 1. The molecule has 1 aromatic heterocycles. The van der Waals surface area contributed by atoms with E-state index in [0.29, 0.717) is 0 Å². The van der Waals surface area contributed by atoms with Crippen molar-refractivity contribution in [3.05, 3.63) is 23.9 Å². The third-order valence-corrected chi connectivity index (χ3v) is 2.60. The maximum absolute atomic E-state index is 11.2. The molecule has 6 heteroatoms. The molecule has 0 saturated heterocycles. The van der Waals surface area contributed by atoms with Gasteiger partial charge in [0.05, 0.1) is 22.4 Å². The van der Waals surface area contributed by atoms with Crippen molar-refractivity contribution in [1.82, 2.24) is 4.98 Å². The fourth-order valence-electron chi connectivity index (χ4n) is 0.849. The number of hydrogen-bond donors (Lipinski definition) is 1. The van der Waals surface area contributed by atoms with E-state index in [9.17, 15) is 9.00 Å². The third kappa shape index (κ3) is 2.29. The van der Waals surface area contributed by atoms with Crippen LogP contribution in [0.25, 0.3) is 0 Å². The van der Waals surface area contributed by atoms with Crippen LogP contribution in [0.4, 0.5) is 0 Å². The van der Waals surface area contributed by atoms with Crippen molar-refractivity contribution >= 4 is 15.7 Å². The monoisotopic (exact) mass is 214 g/mol. The van der Waals surface area contributed by atoms with Crippen molar-refractivity contribution in [3.8, 4) is 0 Å². The first-order valence-corrected chi connectivity index (χ1v) is 5.70. The van der Waals surface area contributed by atoms with E-state index in [1.54, 1.807) is 0 Å². The van der Waals surface area contributed by atoms with Crippen LogP contribution in [0.15, 0.2) is 23.4 Å². The van der Waals surface area contributed by atoms with Gasteiger partial charge in [0, 0.05) is 12.5 Å². The molecule has 0 spiro atoms. The number of methoxy groups -OCH3 is 1. The first kappa shape index (κ1) is 10.6. The van der Waals surface area contributed by atoms with Crippen LogP contribution >= 0.6 is 0 Å². The van der Waals surface area contributed by atoms with Crippen LogP contribution in [0.3, 0.4) is 0 Å². The molecule has 1 atom stereocenters. The Morgan fingerprint density at radius 2 is 2.21 bits per heavy atom. The lowest BCUT2D eigenvalue weighted by molar-refractivity contribution is 0.0600. The van der Waals surface area contributed by atoms with E-state index in [2.05, 4.69) is 9.72 Å². The Morgan fingerprint density at radius 3 is 2.57 bits per heavy atom. The minimum atomic E-state index is -2.82. The third-order valence-electron chi connectivity index (χ3n) is 1.56. The van der Waals surface area contributed by atoms with Crippen LogP contribution in [0.2, 0.25) is 0 Å². The summed E-state index contributed by atoms with van der Waals surface area (Å²) in [5.74, 6) is -0.503. The normalized spacial score (nSPS) is 14.4. The Kier molecular flexibility index (Phi) is 2.85. The van der Waals surface area contributed by atoms with Crippen molar-refractivity contribution in [1.29, 1.82) is 4.78 Å². The largest absolute Gasteiger partial charge is 0.465 e. The Bertz CT molecular complexity index is 436. The minimum absolute atomic E-state index is 0.158. The van der Waals surface area contributed by atoms with E-state index < -0.39 is 15.7 Å². The summed E-state index contributed by atoms with van der Waals surface area (Å²) in [6.45, 7) is 0. The van der Waals surface area contributed by atoms with Gasteiger partial charge in [-0.2, -0.15) is 0 Å². The Morgan fingerprint density at radius 1 is 1.57 bits per heavy atom. The van der Waals surface area contributed by atoms with Gasteiger partial charge in [0.25, 0.3) is 0 Å². The fourth-order valence-corrected chi connectivity index (χ4v) is 1.43. The lowest BCUT2D eigenvalue weighted by Crippen LogP contribution is -2.04. The van der Waals surface area contributed by atoms with E-state index in [1.807, 2.05) is 0 Å². The lowest BCUT2D eigenvalue weighted by atomic mass is 10.3. The summed E-state index contributed by atoms with van der Waals surface area (Å²) in [6.07, 6.45) is 2.52. The molecular weight excluding hydrogens is 204 g/mol. The first-order valence-electron chi connectivity index (χ1n) is 3.73. The lowest BCUT2D eigenvalue weighted by Gasteiger charge is -2.01. The van der Waals surface area contributed by atoms with Gasteiger partial charge >= 0.3 is 5.97 Å². The molecule has 0 aliphatic carbocycles. The van der Waals surface area contributed by atoms with Crippen molar-refractivity contribution in [2.45, 2.75) is 5.03 Å². The average Bonchev–Trinajstić information content (AvgIpc) is 2.15. The smallest absolute Gasteiger partial charge is 0.339 e. The highest BCUT2D eigenvalue weighted by Crippen LogP contribution is 2.07. The molecule has 0 aliphatic heterocycles. The predicted molar refractivity (Wildman–Crippen MR) is 50.6 cm³/mol. The molecule has 0 saturated carbocycles. The Balaban J connectivity index is 3.07. The second-order valence-electron chi connectivity index (χ2n) is 2.72. The molecule has 1 rings (SSSR count). The van der Waals surface area contributed by atoms with Crippen LogP contribution in [0, 0.1) is 4.78 Å². The zero-order chi connectivity index (χ0) is 10.8. The highest BCUT2D eigenvalue weighted by molar-refractivity contribution is 7.91. The van der Waals surface area contributed by atoms with Gasteiger partial charge in [-0.3, -0.25) is 0 Å². The molecule has 0 radical (unpaired) electrons. The number of ether oxygens (including phenoxy) is 1. The molecule has 14 heavy (non-hydrogen) atoms. The van der Waals surface area contributed by atoms with Crippen LogP contribution < -0.4 is 0 Å². The van der Waals surface area contributed by atoms with Crippen LogP contribution in [0.1, 0.15) is 10.4 Å². The maximum Gasteiger partial charge on any atom is 0.339 e. The van der Waals surface area contributed by atoms with Gasteiger partial charge < -0.3 is 4.74 Å². The van der Waals surface area contributed by atoms with Gasteiger partial charge in [0.1, 0.15) is 5.03 Å². The number of nitrogens with zero attached hydrogens (tertiary/aromatic N) is 1. The van der Waals surface area contributed by atoms with Crippen molar-refractivity contribution in [2.24, 2.45) is 0 Å². The van der Waals surface area contributed by atoms with Crippen molar-refractivity contribution in [2.75, 3.05) is 13.4 Å². The first-order chi connectivity index (χ1) is 6.45. The second-order valence-corrected chi connectivity index (χ2v) is 4.83. The average molecular weight is 214 g/mol. The van der Waals surface area contributed by atoms with Crippen molar-refractivity contribution in [3.63, 3.8) is 0 Å². The molecule has 0 fully saturated rings. The zero-order valence-corrected chi connectivity index (χ0v) is 8.63. The van der Waals surface area contributed by atoms with Gasteiger partial charge in [-0.1, -0.05) is 0 Å². The highest BCUT2D eigenvalue weighted by atomic mass is 32.2. The standard InChI is InChI=1S/C8H10N2O3S/c1-13-8(11)6-3-4-7(10-5-6)14(2,9)12/h3-5,9H,1-2H3. The maximum atomic E-state index is 11.2. The van der Waals surface area contributed by atoms with Crippen LogP contribution in [-0.4, -0.2) is 28.5 Å². The molecule has 1 aromatic rings. The quantitative estimate of drug-likeness (QED) is 0.742. The summed E-state index contributed by atoms with van der Waals surface area (Å²) < 4.78 is 22.9. The van der Waals surface area contributed by atoms with Gasteiger partial charge in [-0.05, 0) is 12.1 Å². The molecule has 1 unspecified atom stereocenters. The topological polar surface area (TPSA) is 80.1 Å². The number of hydrogen-bond acceptors (Lipinski definition) is 5. The van der Waals surface area contributed by atoms with E-state index in [-0.39, 0.29) is 10.6 Å². The Hall–Kier alpha value is -1.43. The fraction of sp³-hybridized carbons (Fsp3) is 0.250. The van der Waals surface area contributed by atoms with E-state index in [0.717, 1.165) is 0 Å². The molecule has 5 nitrogen and oxygen atoms in total. The summed E-state index contributed by atoms with van der Waals surface area (Å²) in [6, 6.07) is 2.83. The van der Waals surface area contributed by atoms with E-state index in [1.165, 1.54) is 31.7 Å². The van der Waals surface area contributed by atoms with Crippen LogP contribution in [0.5, 0.6) is 0 Å². The predicted octanol–water partition coefficient (Wildman–Crippen LogP) is 0.904. The second kappa shape index (κ2) is 3.75. The molecule has 0 aromatic carbocycles. The van der Waals surface area contributed by atoms with Gasteiger partial charge in [0.15, 0.2) is 0 Å². The molecule has 0 aliphatic rings. The van der Waals surface area contributed by atoms with Crippen molar-refractivity contribution < 1.29 is 13.7 Å². The van der Waals surface area contributed by atoms with E-state index >= 15 is 0 Å². The summed E-state index contributed by atoms with van der Waals surface area (Å²) in [4.78, 5) is 14.7. The number of pyridine rings is 1. The number of esters is 1. The van der Waals surface area contributed by atoms with Gasteiger partial charge in [-0.15, -0.1) is 0 Å². The van der Waals surface area contributed by atoms with Gasteiger partial charge in [-0.25, -0.2) is 18.8 Å². The highest BCUT2D eigenvalue weighted by Gasteiger charge is 2.08. The minimum Gasteiger partial charge on any atom is -0.465 e. The number of carbonyl (C=O) groups is 1. The summed E-state index contributed by atoms with van der Waals surface area (Å²) in [5, 5.41) is 0.158. The number of aromatic nitrogens is 1. The summed E-state index contributed by atoms with van der Waals surface area (Å²) in [5.41, 5.74) is 0.278. The molecule has 0 amide bonds. The number of carbonyl (C=O) groups excluding carboxylic acids is 1. The summed E-state index contributed by atoms with van der Waals surface area (Å²) in [7, 11) is -1.55. The molecule has 76 valence electrons. The SMILES string of the molecule is COC(=O)c1ccc(S(C)(=N)=O)nc1. The molecule has 1 heterocycles.